The van der Waals surface area contributed by atoms with E-state index in [1.54, 1.807) is 0 Å². The average Bonchev–Trinajstić information content (AvgIpc) is 2.46. The topological polar surface area (TPSA) is 50.2 Å². The molecule has 0 fully saturated rings. The molecule has 0 saturated carbocycles. The number of hydrogen-bond acceptors (Lipinski definition) is 3. The van der Waals surface area contributed by atoms with Crippen LogP contribution in [0.5, 0.6) is 0 Å². The van der Waals surface area contributed by atoms with Crippen molar-refractivity contribution >= 4 is 40.9 Å². The van der Waals surface area contributed by atoms with Gasteiger partial charge >= 0.3 is 12.1 Å². The van der Waals surface area contributed by atoms with Gasteiger partial charge in [0.2, 0.25) is 0 Å². The van der Waals surface area contributed by atoms with Crippen LogP contribution in [0, 0.1) is 0 Å². The molecule has 0 spiro atoms. The van der Waals surface area contributed by atoms with Crippen LogP contribution in [0.4, 0.5) is 13.2 Å². The Morgan fingerprint density at radius 2 is 1.87 bits per heavy atom. The van der Waals surface area contributed by atoms with Gasteiger partial charge in [0.25, 0.3) is 0 Å². The number of aromatic nitrogens is 1. The number of carboxylic acids is 1. The van der Waals surface area contributed by atoms with Crippen molar-refractivity contribution in [2.45, 2.75) is 11.1 Å². The molecule has 0 unspecified atom stereocenters. The van der Waals surface area contributed by atoms with Gasteiger partial charge < -0.3 is 5.11 Å². The first-order chi connectivity index (χ1) is 10.7. The largest absolute Gasteiger partial charge is 0.476 e. The molecule has 0 bridgehead atoms. The van der Waals surface area contributed by atoms with Gasteiger partial charge in [-0.1, -0.05) is 29.3 Å². The first kappa shape index (κ1) is 17.9. The normalized spacial score (nSPS) is 11.6. The summed E-state index contributed by atoms with van der Waals surface area (Å²) in [6.07, 6.45) is -3.07. The van der Waals surface area contributed by atoms with E-state index in [0.29, 0.717) is 0 Å². The zero-order valence-corrected chi connectivity index (χ0v) is 13.7. The second-order valence-corrected chi connectivity index (χ2v) is 5.94. The lowest BCUT2D eigenvalue weighted by Gasteiger charge is -2.15. The second kappa shape index (κ2) is 6.59. The molecule has 3 nitrogen and oxygen atoms in total. The number of rotatable bonds is 3. The number of nitrogens with zero attached hydrogens (tertiary/aromatic N) is 1. The standard InChI is InChI=1S/C14H8Cl2F3NO2S/c1-23-12-7(14(17,18)19)3-2-6(10(12)16)9-5-4-8(15)11(20-9)13(21)22/h2-5H,1H3,(H,21,22). The van der Waals surface area contributed by atoms with Crippen molar-refractivity contribution in [3.8, 4) is 11.3 Å². The molecule has 0 saturated heterocycles. The zero-order valence-electron chi connectivity index (χ0n) is 11.4. The first-order valence-corrected chi connectivity index (χ1v) is 7.98. The molecule has 9 heteroatoms. The van der Waals surface area contributed by atoms with Gasteiger partial charge in [0, 0.05) is 10.5 Å². The van der Waals surface area contributed by atoms with E-state index in [1.807, 2.05) is 0 Å². The third kappa shape index (κ3) is 3.57. The predicted octanol–water partition coefficient (Wildman–Crippen LogP) is 5.49. The molecular formula is C14H8Cl2F3NO2S. The summed E-state index contributed by atoms with van der Waals surface area (Å²) in [7, 11) is 0. The van der Waals surface area contributed by atoms with Gasteiger partial charge in [-0.3, -0.25) is 0 Å². The highest BCUT2D eigenvalue weighted by atomic mass is 35.5. The first-order valence-electron chi connectivity index (χ1n) is 6.00. The van der Waals surface area contributed by atoms with Crippen LogP contribution in [0.2, 0.25) is 10.0 Å². The summed E-state index contributed by atoms with van der Waals surface area (Å²) < 4.78 is 39.0. The van der Waals surface area contributed by atoms with Crippen LogP contribution in [0.15, 0.2) is 29.2 Å². The molecule has 23 heavy (non-hydrogen) atoms. The number of aromatic carboxylic acids is 1. The van der Waals surface area contributed by atoms with Crippen molar-refractivity contribution < 1.29 is 23.1 Å². The Morgan fingerprint density at radius 1 is 1.22 bits per heavy atom. The lowest BCUT2D eigenvalue weighted by Crippen LogP contribution is -2.08. The molecule has 0 aliphatic heterocycles. The quantitative estimate of drug-likeness (QED) is 0.713. The maximum atomic E-state index is 13.0. The fourth-order valence-electron chi connectivity index (χ4n) is 1.92. The van der Waals surface area contributed by atoms with Crippen molar-refractivity contribution in [2.24, 2.45) is 0 Å². The lowest BCUT2D eigenvalue weighted by atomic mass is 10.1. The minimum absolute atomic E-state index is 0.0747. The Bertz CT molecular complexity index is 781. The number of hydrogen-bond donors (Lipinski definition) is 1. The summed E-state index contributed by atoms with van der Waals surface area (Å²) in [5.74, 6) is -1.34. The molecule has 0 atom stereocenters. The average molecular weight is 382 g/mol. The van der Waals surface area contributed by atoms with Gasteiger partial charge in [0.15, 0.2) is 5.69 Å². The minimum atomic E-state index is -4.54. The number of carbonyl (C=O) groups is 1. The molecule has 1 heterocycles. The van der Waals surface area contributed by atoms with Crippen molar-refractivity contribution in [3.05, 3.63) is 45.6 Å². The number of benzene rings is 1. The van der Waals surface area contributed by atoms with E-state index < -0.39 is 23.4 Å². The van der Waals surface area contributed by atoms with Gasteiger partial charge in [0.1, 0.15) is 0 Å². The highest BCUT2D eigenvalue weighted by Gasteiger charge is 2.35. The minimum Gasteiger partial charge on any atom is -0.476 e. The molecule has 1 aromatic carbocycles. The number of pyridine rings is 1. The number of alkyl halides is 3. The van der Waals surface area contributed by atoms with Gasteiger partial charge in [0.05, 0.1) is 21.3 Å². The van der Waals surface area contributed by atoms with E-state index in [4.69, 9.17) is 28.3 Å². The second-order valence-electron chi connectivity index (χ2n) is 4.34. The summed E-state index contributed by atoms with van der Waals surface area (Å²) in [5.41, 5.74) is -0.930. The van der Waals surface area contributed by atoms with Crippen LogP contribution in [0.3, 0.4) is 0 Å². The van der Waals surface area contributed by atoms with Crippen molar-refractivity contribution in [3.63, 3.8) is 0 Å². The number of halogens is 5. The lowest BCUT2D eigenvalue weighted by molar-refractivity contribution is -0.139. The van der Waals surface area contributed by atoms with Gasteiger partial charge in [-0.25, -0.2) is 9.78 Å². The molecule has 0 radical (unpaired) electrons. The Labute approximate surface area is 143 Å². The van der Waals surface area contributed by atoms with E-state index in [9.17, 15) is 18.0 Å². The monoisotopic (exact) mass is 381 g/mol. The fourth-order valence-corrected chi connectivity index (χ4v) is 3.29. The van der Waals surface area contributed by atoms with Gasteiger partial charge in [-0.05, 0) is 24.5 Å². The van der Waals surface area contributed by atoms with E-state index in [-0.39, 0.29) is 26.2 Å². The zero-order chi connectivity index (χ0) is 17.4. The van der Waals surface area contributed by atoms with Gasteiger partial charge in [-0.2, -0.15) is 13.2 Å². The van der Waals surface area contributed by atoms with E-state index in [1.165, 1.54) is 18.4 Å². The van der Waals surface area contributed by atoms with E-state index in [0.717, 1.165) is 23.9 Å². The summed E-state index contributed by atoms with van der Waals surface area (Å²) in [5, 5.41) is 8.81. The summed E-state index contributed by atoms with van der Waals surface area (Å²) in [4.78, 5) is 14.8. The maximum Gasteiger partial charge on any atom is 0.417 e. The highest BCUT2D eigenvalue weighted by molar-refractivity contribution is 7.98. The smallest absolute Gasteiger partial charge is 0.417 e. The van der Waals surface area contributed by atoms with E-state index in [2.05, 4.69) is 4.98 Å². The molecule has 122 valence electrons. The van der Waals surface area contributed by atoms with Gasteiger partial charge in [-0.15, -0.1) is 11.8 Å². The molecular weight excluding hydrogens is 374 g/mol. The number of carboxylic acid groups (broad SMARTS) is 1. The predicted molar refractivity (Wildman–Crippen MR) is 83.4 cm³/mol. The van der Waals surface area contributed by atoms with Crippen LogP contribution in [0.1, 0.15) is 16.1 Å². The maximum absolute atomic E-state index is 13.0. The fraction of sp³-hybridized carbons (Fsp3) is 0.143. The van der Waals surface area contributed by atoms with Crippen LogP contribution in [0.25, 0.3) is 11.3 Å². The summed E-state index contributed by atoms with van der Waals surface area (Å²) >= 11 is 12.7. The third-order valence-corrected chi connectivity index (χ3v) is 4.57. The Balaban J connectivity index is 2.66. The summed E-state index contributed by atoms with van der Waals surface area (Å²) in [6.45, 7) is 0. The van der Waals surface area contributed by atoms with Crippen LogP contribution >= 0.6 is 35.0 Å². The third-order valence-electron chi connectivity index (χ3n) is 2.93. The van der Waals surface area contributed by atoms with Crippen LogP contribution in [-0.4, -0.2) is 22.3 Å². The Hall–Kier alpha value is -1.44. The Morgan fingerprint density at radius 3 is 2.39 bits per heavy atom. The molecule has 0 aliphatic rings. The number of thioether (sulfide) groups is 1. The van der Waals surface area contributed by atoms with Crippen molar-refractivity contribution in [1.29, 1.82) is 0 Å². The highest BCUT2D eigenvalue weighted by Crippen LogP contribution is 2.43. The molecule has 1 aromatic heterocycles. The van der Waals surface area contributed by atoms with Crippen LogP contribution in [-0.2, 0) is 6.18 Å². The SMILES string of the molecule is CSc1c(C(F)(F)F)ccc(-c2ccc(Cl)c(C(=O)O)n2)c1Cl. The van der Waals surface area contributed by atoms with Crippen molar-refractivity contribution in [2.75, 3.05) is 6.26 Å². The molecule has 2 rings (SSSR count). The molecule has 0 amide bonds. The molecule has 1 N–H and O–H groups in total. The van der Waals surface area contributed by atoms with E-state index >= 15 is 0 Å². The molecule has 2 aromatic rings. The van der Waals surface area contributed by atoms with Crippen LogP contribution < -0.4 is 0 Å². The molecule has 0 aliphatic carbocycles. The van der Waals surface area contributed by atoms with Crippen molar-refractivity contribution in [1.82, 2.24) is 4.98 Å². The summed E-state index contributed by atoms with van der Waals surface area (Å²) in [6, 6.07) is 4.75. The Kier molecular flexibility index (Phi) is 5.13.